The van der Waals surface area contributed by atoms with Gasteiger partial charge in [-0.25, -0.2) is 4.98 Å². The number of hydrogen-bond acceptors (Lipinski definition) is 11. The molecule has 0 aliphatic carbocycles. The largest absolute Gasteiger partial charge is 0.397 e. The number of nitrogens with two attached hydrogens (primary N) is 1. The van der Waals surface area contributed by atoms with Crippen molar-refractivity contribution < 1.29 is 10.2 Å². The Balaban J connectivity index is 1.12. The molecule has 5 N–H and O–H groups in total. The number of rotatable bonds is 16. The molecule has 2 saturated heterocycles. The molecule has 222 valence electrons. The molecule has 0 amide bonds. The van der Waals surface area contributed by atoms with E-state index in [4.69, 9.17) is 20.9 Å². The highest BCUT2D eigenvalue weighted by atomic mass is 16.3. The Morgan fingerprint density at radius 2 is 1.18 bits per heavy atom. The second-order valence-electron chi connectivity index (χ2n) is 11.2. The second-order valence-corrected chi connectivity index (χ2v) is 11.2. The van der Waals surface area contributed by atoms with E-state index in [1.807, 2.05) is 0 Å². The van der Waals surface area contributed by atoms with Gasteiger partial charge in [-0.3, -0.25) is 14.7 Å². The van der Waals surface area contributed by atoms with Crippen molar-refractivity contribution in [1.82, 2.24) is 29.9 Å². The summed E-state index contributed by atoms with van der Waals surface area (Å²) >= 11 is 0. The summed E-state index contributed by atoms with van der Waals surface area (Å²) in [6.07, 6.45) is 5.46. The van der Waals surface area contributed by atoms with Gasteiger partial charge in [0.05, 0.1) is 30.8 Å². The third kappa shape index (κ3) is 9.70. The number of nitrogens with zero attached hydrogens (tertiary/aromatic N) is 7. The lowest BCUT2D eigenvalue weighted by Gasteiger charge is -2.38. The molecule has 3 aliphatic heterocycles. The second kappa shape index (κ2) is 16.5. The number of aliphatic hydroxyl groups excluding tert-OH is 2. The molecule has 0 radical (unpaired) electrons. The van der Waals surface area contributed by atoms with Gasteiger partial charge in [-0.2, -0.15) is 0 Å². The topological polar surface area (TPSA) is 111 Å². The minimum atomic E-state index is 0.256. The molecule has 4 heterocycles. The number of nitrogens with one attached hydrogen (secondary N) is 1. The molecule has 0 spiro atoms. The predicted octanol–water partition coefficient (Wildman–Crippen LogP) is -0.730. The van der Waals surface area contributed by atoms with E-state index in [1.54, 1.807) is 6.20 Å². The molecular weight excluding hydrogens is 494 g/mol. The van der Waals surface area contributed by atoms with Crippen LogP contribution in [0.4, 0.5) is 17.2 Å². The highest BCUT2D eigenvalue weighted by Crippen LogP contribution is 2.32. The van der Waals surface area contributed by atoms with Gasteiger partial charge in [0.2, 0.25) is 0 Å². The smallest absolute Gasteiger partial charge is 0.152 e. The molecule has 0 bridgehead atoms. The molecule has 4 rings (SSSR count). The maximum absolute atomic E-state index is 9.12. The summed E-state index contributed by atoms with van der Waals surface area (Å²) in [5.41, 5.74) is 8.07. The van der Waals surface area contributed by atoms with Crippen LogP contribution in [-0.4, -0.2) is 166 Å². The zero-order valence-corrected chi connectivity index (χ0v) is 24.0. The monoisotopic (exact) mass is 547 g/mol. The maximum Gasteiger partial charge on any atom is 0.152 e. The number of pyridine rings is 1. The molecule has 0 unspecified atom stereocenters. The van der Waals surface area contributed by atoms with E-state index in [2.05, 4.69) is 40.8 Å². The highest BCUT2D eigenvalue weighted by Gasteiger charge is 2.24. The number of aliphatic hydroxyl groups is 2. The van der Waals surface area contributed by atoms with Gasteiger partial charge in [0, 0.05) is 111 Å². The average Bonchev–Trinajstić information content (AvgIpc) is 2.95. The number of β-amino-alcohol motifs (C(OH)–C–C–N with tert-alkyl or cyclic N) is 2. The minimum absolute atomic E-state index is 0.256. The van der Waals surface area contributed by atoms with E-state index in [1.165, 1.54) is 31.5 Å². The van der Waals surface area contributed by atoms with E-state index >= 15 is 0 Å². The van der Waals surface area contributed by atoms with Gasteiger partial charge in [-0.1, -0.05) is 6.42 Å². The van der Waals surface area contributed by atoms with Crippen molar-refractivity contribution in [3.8, 4) is 0 Å². The van der Waals surface area contributed by atoms with E-state index in [-0.39, 0.29) is 13.2 Å². The van der Waals surface area contributed by atoms with Crippen LogP contribution in [0.3, 0.4) is 0 Å². The van der Waals surface area contributed by atoms with Crippen LogP contribution in [0, 0.1) is 0 Å². The predicted molar refractivity (Wildman–Crippen MR) is 160 cm³/mol. The van der Waals surface area contributed by atoms with E-state index in [0.29, 0.717) is 0 Å². The standard InChI is InChI=1S/C28H53N9O2/c29-26-24-27-28(31-25-26)37(9-5-30-4-8-33-12-16-35(17-13-33)21-23-39)19-18-36(27)7-3-1-2-6-32-10-14-34(15-11-32)20-22-38/h24-25,30,38-39H,1-23,29H2. The molecule has 0 atom stereocenters. The molecular formula is C28H53N9O2. The first-order valence-corrected chi connectivity index (χ1v) is 15.2. The van der Waals surface area contributed by atoms with Crippen molar-refractivity contribution in [3.63, 3.8) is 0 Å². The Labute approximate surface area is 235 Å². The molecule has 2 fully saturated rings. The van der Waals surface area contributed by atoms with Gasteiger partial charge in [0.1, 0.15) is 0 Å². The molecule has 1 aromatic heterocycles. The summed E-state index contributed by atoms with van der Waals surface area (Å²) in [5, 5.41) is 21.9. The maximum atomic E-state index is 9.12. The third-order valence-electron chi connectivity index (χ3n) is 8.48. The summed E-state index contributed by atoms with van der Waals surface area (Å²) < 4.78 is 0. The SMILES string of the molecule is Nc1cnc2c(c1)N(CCCCCN1CCN(CCO)CC1)CCN2CCNCCN1CCN(CCO)CC1. The molecule has 0 aromatic carbocycles. The summed E-state index contributed by atoms with van der Waals surface area (Å²) in [5.74, 6) is 1.07. The van der Waals surface area contributed by atoms with Crippen molar-refractivity contribution >= 4 is 17.2 Å². The molecule has 11 nitrogen and oxygen atoms in total. The van der Waals surface area contributed by atoms with Crippen molar-refractivity contribution in [1.29, 1.82) is 0 Å². The lowest BCUT2D eigenvalue weighted by Crippen LogP contribution is -2.49. The quantitative estimate of drug-likeness (QED) is 0.197. The Kier molecular flexibility index (Phi) is 12.8. The lowest BCUT2D eigenvalue weighted by atomic mass is 10.1. The number of piperazine rings is 2. The molecule has 11 heteroatoms. The van der Waals surface area contributed by atoms with Crippen molar-refractivity contribution in [2.24, 2.45) is 0 Å². The van der Waals surface area contributed by atoms with Gasteiger partial charge in [0.25, 0.3) is 0 Å². The van der Waals surface area contributed by atoms with Crippen molar-refractivity contribution in [3.05, 3.63) is 12.3 Å². The number of aromatic nitrogens is 1. The third-order valence-corrected chi connectivity index (χ3v) is 8.48. The highest BCUT2D eigenvalue weighted by molar-refractivity contribution is 5.72. The summed E-state index contributed by atoms with van der Waals surface area (Å²) in [7, 11) is 0. The average molecular weight is 548 g/mol. The zero-order chi connectivity index (χ0) is 27.3. The fourth-order valence-electron chi connectivity index (χ4n) is 6.00. The van der Waals surface area contributed by atoms with Crippen LogP contribution in [0.1, 0.15) is 19.3 Å². The number of anilines is 3. The van der Waals surface area contributed by atoms with Crippen LogP contribution in [0.2, 0.25) is 0 Å². The van der Waals surface area contributed by atoms with Gasteiger partial charge < -0.3 is 36.0 Å². The summed E-state index contributed by atoms with van der Waals surface area (Å²) in [6, 6.07) is 2.10. The van der Waals surface area contributed by atoms with E-state index < -0.39 is 0 Å². The van der Waals surface area contributed by atoms with Crippen LogP contribution in [0.5, 0.6) is 0 Å². The lowest BCUT2D eigenvalue weighted by molar-refractivity contribution is 0.111. The van der Waals surface area contributed by atoms with Crippen molar-refractivity contribution in [2.45, 2.75) is 19.3 Å². The van der Waals surface area contributed by atoms with Crippen LogP contribution < -0.4 is 20.9 Å². The number of nitrogen functional groups attached to an aromatic ring is 1. The molecule has 39 heavy (non-hydrogen) atoms. The number of fused-ring (bicyclic) bond motifs is 1. The summed E-state index contributed by atoms with van der Waals surface area (Å²) in [4.78, 5) is 19.4. The Bertz CT molecular complexity index is 816. The van der Waals surface area contributed by atoms with Crippen LogP contribution >= 0.6 is 0 Å². The normalized spacial score (nSPS) is 20.1. The van der Waals surface area contributed by atoms with E-state index in [0.717, 1.165) is 123 Å². The number of hydrogen-bond donors (Lipinski definition) is 4. The first-order chi connectivity index (χ1) is 19.2. The van der Waals surface area contributed by atoms with Crippen LogP contribution in [0.15, 0.2) is 12.3 Å². The summed E-state index contributed by atoms with van der Waals surface area (Å²) in [6.45, 7) is 19.0. The van der Waals surface area contributed by atoms with Gasteiger partial charge in [-0.15, -0.1) is 0 Å². The number of unbranched alkanes of at least 4 members (excludes halogenated alkanes) is 2. The first kappa shape index (κ1) is 30.2. The first-order valence-electron chi connectivity index (χ1n) is 15.2. The van der Waals surface area contributed by atoms with Crippen molar-refractivity contribution in [2.75, 3.05) is 147 Å². The molecule has 0 saturated carbocycles. The fraction of sp³-hybridized carbons (Fsp3) is 0.821. The molecule has 1 aromatic rings. The van der Waals surface area contributed by atoms with E-state index in [9.17, 15) is 0 Å². The van der Waals surface area contributed by atoms with Crippen LogP contribution in [-0.2, 0) is 0 Å². The Morgan fingerprint density at radius 1 is 0.641 bits per heavy atom. The van der Waals surface area contributed by atoms with Gasteiger partial charge in [-0.05, 0) is 25.5 Å². The van der Waals surface area contributed by atoms with Gasteiger partial charge in [0.15, 0.2) is 5.82 Å². The fourth-order valence-corrected chi connectivity index (χ4v) is 6.00. The molecule has 3 aliphatic rings. The zero-order valence-electron chi connectivity index (χ0n) is 24.0. The van der Waals surface area contributed by atoms with Gasteiger partial charge >= 0.3 is 0 Å². The Hall–Kier alpha value is -1.73. The Morgan fingerprint density at radius 3 is 1.82 bits per heavy atom. The minimum Gasteiger partial charge on any atom is -0.397 e. The van der Waals surface area contributed by atoms with Crippen LogP contribution in [0.25, 0.3) is 0 Å².